The maximum Gasteiger partial charge on any atom is 0.305 e. The molecule has 0 fully saturated rings. The molecule has 0 N–H and O–H groups in total. The first-order chi connectivity index (χ1) is 24.8. The Kier molecular flexibility index (Phi) is 46.0. The topological polar surface area (TPSA) is 26.3 Å². The summed E-state index contributed by atoms with van der Waals surface area (Å²) in [6.45, 7) is 5.24. The number of unbranched alkanes of at least 4 members (excludes halogenated alkanes) is 41. The Labute approximate surface area is 317 Å². The van der Waals surface area contributed by atoms with Crippen molar-refractivity contribution in [3.63, 3.8) is 0 Å². The molecule has 0 saturated heterocycles. The molecule has 0 aliphatic heterocycles. The summed E-state index contributed by atoms with van der Waals surface area (Å²) in [6, 6.07) is 0. The van der Waals surface area contributed by atoms with Gasteiger partial charge in [0.25, 0.3) is 0 Å². The average molecular weight is 705 g/mol. The van der Waals surface area contributed by atoms with Gasteiger partial charge < -0.3 is 4.74 Å². The van der Waals surface area contributed by atoms with Crippen molar-refractivity contribution in [1.29, 1.82) is 0 Å². The Bertz CT molecular complexity index is 601. The number of esters is 1. The van der Waals surface area contributed by atoms with E-state index in [0.717, 1.165) is 12.8 Å². The minimum absolute atomic E-state index is 0.0336. The predicted octanol–water partition coefficient (Wildman–Crippen LogP) is 17.7. The van der Waals surface area contributed by atoms with Crippen LogP contribution in [0.4, 0.5) is 0 Å². The summed E-state index contributed by atoms with van der Waals surface area (Å²) in [5.41, 5.74) is 0. The van der Waals surface area contributed by atoms with Crippen molar-refractivity contribution in [3.05, 3.63) is 0 Å². The lowest BCUT2D eigenvalue weighted by molar-refractivity contribution is -0.143. The molecule has 0 atom stereocenters. The lowest BCUT2D eigenvalue weighted by atomic mass is 10.0. The first kappa shape index (κ1) is 49.5. The van der Waals surface area contributed by atoms with Gasteiger partial charge in [0.15, 0.2) is 0 Å². The van der Waals surface area contributed by atoms with E-state index in [1.807, 2.05) is 0 Å². The van der Waals surface area contributed by atoms with Gasteiger partial charge in [-0.3, -0.25) is 4.79 Å². The number of ether oxygens (including phenoxy) is 1. The monoisotopic (exact) mass is 705 g/mol. The zero-order valence-corrected chi connectivity index (χ0v) is 35.1. The van der Waals surface area contributed by atoms with Crippen molar-refractivity contribution < 1.29 is 9.53 Å². The zero-order valence-electron chi connectivity index (χ0n) is 35.1. The van der Waals surface area contributed by atoms with E-state index in [2.05, 4.69) is 13.8 Å². The molecule has 0 bridgehead atoms. The van der Waals surface area contributed by atoms with E-state index in [1.165, 1.54) is 263 Å². The normalized spacial score (nSPS) is 11.5. The lowest BCUT2D eigenvalue weighted by Gasteiger charge is -2.06. The first-order valence-electron chi connectivity index (χ1n) is 24.0. The van der Waals surface area contributed by atoms with E-state index < -0.39 is 0 Å². The van der Waals surface area contributed by atoms with Crippen LogP contribution in [0, 0.1) is 0 Å². The molecule has 0 aliphatic rings. The Hall–Kier alpha value is -0.530. The van der Waals surface area contributed by atoms with Crippen LogP contribution in [0.1, 0.15) is 296 Å². The summed E-state index contributed by atoms with van der Waals surface area (Å²) in [5.74, 6) is 0.0336. The molecule has 0 heterocycles. The minimum Gasteiger partial charge on any atom is -0.466 e. The fourth-order valence-electron chi connectivity index (χ4n) is 7.67. The number of rotatable bonds is 45. The van der Waals surface area contributed by atoms with Crippen molar-refractivity contribution in [2.75, 3.05) is 6.61 Å². The van der Waals surface area contributed by atoms with E-state index in [4.69, 9.17) is 4.74 Å². The standard InChI is InChI=1S/C48H96O2/c1-3-5-7-9-11-13-15-17-19-21-23-25-27-29-31-33-35-37-39-41-43-45-47-50-48(49)46-44-42-40-38-36-34-32-30-28-26-24-22-20-18-16-14-12-10-8-6-4-2/h3-47H2,1-2H3. The van der Waals surface area contributed by atoms with E-state index in [1.54, 1.807) is 0 Å². The van der Waals surface area contributed by atoms with Gasteiger partial charge >= 0.3 is 5.97 Å². The predicted molar refractivity (Wildman–Crippen MR) is 225 cm³/mol. The Morgan fingerprint density at radius 2 is 0.440 bits per heavy atom. The second-order valence-electron chi connectivity index (χ2n) is 16.5. The van der Waals surface area contributed by atoms with E-state index >= 15 is 0 Å². The van der Waals surface area contributed by atoms with Crippen molar-refractivity contribution in [2.24, 2.45) is 0 Å². The van der Waals surface area contributed by atoms with Crippen LogP contribution in [0.2, 0.25) is 0 Å². The molecule has 300 valence electrons. The number of hydrogen-bond acceptors (Lipinski definition) is 2. The number of hydrogen-bond donors (Lipinski definition) is 0. The third kappa shape index (κ3) is 45.5. The van der Waals surface area contributed by atoms with Gasteiger partial charge in [-0.1, -0.05) is 277 Å². The van der Waals surface area contributed by atoms with Crippen LogP contribution in [-0.4, -0.2) is 12.6 Å². The van der Waals surface area contributed by atoms with Crippen LogP contribution in [0.5, 0.6) is 0 Å². The van der Waals surface area contributed by atoms with Gasteiger partial charge in [0.1, 0.15) is 0 Å². The highest BCUT2D eigenvalue weighted by Gasteiger charge is 2.03. The molecule has 0 saturated carbocycles. The third-order valence-corrected chi connectivity index (χ3v) is 11.2. The van der Waals surface area contributed by atoms with Crippen molar-refractivity contribution in [1.82, 2.24) is 0 Å². The maximum absolute atomic E-state index is 12.0. The molecule has 0 radical (unpaired) electrons. The van der Waals surface area contributed by atoms with Crippen LogP contribution in [0.25, 0.3) is 0 Å². The molecule has 2 nitrogen and oxygen atoms in total. The summed E-state index contributed by atoms with van der Waals surface area (Å²) in [6.07, 6.45) is 60.9. The van der Waals surface area contributed by atoms with Gasteiger partial charge in [-0.2, -0.15) is 0 Å². The molecule has 0 aromatic carbocycles. The van der Waals surface area contributed by atoms with E-state index in [9.17, 15) is 4.79 Å². The summed E-state index contributed by atoms with van der Waals surface area (Å²) in [5, 5.41) is 0. The van der Waals surface area contributed by atoms with Gasteiger partial charge in [-0.25, -0.2) is 0 Å². The smallest absolute Gasteiger partial charge is 0.305 e. The van der Waals surface area contributed by atoms with Crippen LogP contribution >= 0.6 is 0 Å². The van der Waals surface area contributed by atoms with Gasteiger partial charge in [0.05, 0.1) is 6.61 Å². The maximum atomic E-state index is 12.0. The van der Waals surface area contributed by atoms with Crippen molar-refractivity contribution >= 4 is 5.97 Å². The molecule has 0 aliphatic carbocycles. The second-order valence-corrected chi connectivity index (χ2v) is 16.5. The van der Waals surface area contributed by atoms with Crippen LogP contribution in [0.3, 0.4) is 0 Å². The second kappa shape index (κ2) is 46.5. The molecule has 0 aromatic heterocycles. The van der Waals surface area contributed by atoms with Gasteiger partial charge in [0.2, 0.25) is 0 Å². The van der Waals surface area contributed by atoms with Crippen LogP contribution in [-0.2, 0) is 9.53 Å². The largest absolute Gasteiger partial charge is 0.466 e. The van der Waals surface area contributed by atoms with E-state index in [0.29, 0.717) is 13.0 Å². The van der Waals surface area contributed by atoms with Gasteiger partial charge in [-0.05, 0) is 12.8 Å². The highest BCUT2D eigenvalue weighted by atomic mass is 16.5. The molecular weight excluding hydrogens is 609 g/mol. The average Bonchev–Trinajstić information content (AvgIpc) is 3.12. The summed E-state index contributed by atoms with van der Waals surface area (Å²) < 4.78 is 5.49. The fraction of sp³-hybridized carbons (Fsp3) is 0.979. The zero-order chi connectivity index (χ0) is 36.1. The molecule has 50 heavy (non-hydrogen) atoms. The SMILES string of the molecule is CCCCCCCCCCCCCCCCCCCCCCCCOC(=O)CCCCCCCCCCCCCCCCCCCCCCC. The van der Waals surface area contributed by atoms with E-state index in [-0.39, 0.29) is 5.97 Å². The Balaban J connectivity index is 3.14. The Morgan fingerprint density at radius 1 is 0.260 bits per heavy atom. The molecule has 0 amide bonds. The van der Waals surface area contributed by atoms with Crippen LogP contribution < -0.4 is 0 Å². The summed E-state index contributed by atoms with van der Waals surface area (Å²) >= 11 is 0. The molecule has 0 spiro atoms. The molecular formula is C48H96O2. The molecule has 2 heteroatoms. The first-order valence-corrected chi connectivity index (χ1v) is 24.0. The van der Waals surface area contributed by atoms with Crippen LogP contribution in [0.15, 0.2) is 0 Å². The van der Waals surface area contributed by atoms with Crippen molar-refractivity contribution in [2.45, 2.75) is 296 Å². The third-order valence-electron chi connectivity index (χ3n) is 11.2. The summed E-state index contributed by atoms with van der Waals surface area (Å²) in [7, 11) is 0. The van der Waals surface area contributed by atoms with Gasteiger partial charge in [-0.15, -0.1) is 0 Å². The minimum atomic E-state index is 0.0336. The van der Waals surface area contributed by atoms with Crippen molar-refractivity contribution in [3.8, 4) is 0 Å². The highest BCUT2D eigenvalue weighted by Crippen LogP contribution is 2.17. The number of carbonyl (C=O) groups is 1. The fourth-order valence-corrected chi connectivity index (χ4v) is 7.67. The Morgan fingerprint density at radius 3 is 0.660 bits per heavy atom. The van der Waals surface area contributed by atoms with Gasteiger partial charge in [0, 0.05) is 6.42 Å². The molecule has 0 unspecified atom stereocenters. The molecule has 0 aromatic rings. The lowest BCUT2D eigenvalue weighted by Crippen LogP contribution is -2.05. The highest BCUT2D eigenvalue weighted by molar-refractivity contribution is 5.69. The number of carbonyl (C=O) groups excluding carboxylic acids is 1. The molecule has 0 rings (SSSR count). The summed E-state index contributed by atoms with van der Waals surface area (Å²) in [4.78, 5) is 12.0. The quantitative estimate of drug-likeness (QED) is 0.0466.